The lowest BCUT2D eigenvalue weighted by atomic mass is 9.46. The van der Waals surface area contributed by atoms with Gasteiger partial charge in [-0.25, -0.2) is 0 Å². The van der Waals surface area contributed by atoms with Crippen LogP contribution in [0.25, 0.3) is 0 Å². The summed E-state index contributed by atoms with van der Waals surface area (Å²) in [4.78, 5) is 12.1. The standard InChI is InChI=1S/C28H46O2Si/c1-9-15-28(30-31(7,8)25(2,3)4)18-14-24-22-11-10-20-19-21(29)12-16-26(20,5)23(22)13-17-27(24,28)6/h9,19,22-24H,1,10-18H2,2-8H3/t22-,23-,24+,26+,27+,28?/m1/s1. The molecule has 0 aromatic heterocycles. The van der Waals surface area contributed by atoms with Crippen LogP contribution < -0.4 is 0 Å². The van der Waals surface area contributed by atoms with Crippen molar-refractivity contribution in [2.45, 2.75) is 116 Å². The van der Waals surface area contributed by atoms with Gasteiger partial charge in [0.15, 0.2) is 14.1 Å². The second-order valence-corrected chi connectivity index (χ2v) is 18.0. The van der Waals surface area contributed by atoms with Crippen molar-refractivity contribution < 1.29 is 9.22 Å². The molecule has 0 heterocycles. The molecule has 0 aromatic carbocycles. The first kappa shape index (κ1) is 23.5. The molecule has 0 amide bonds. The largest absolute Gasteiger partial charge is 0.410 e. The predicted octanol–water partition coefficient (Wildman–Crippen LogP) is 7.86. The Kier molecular flexibility index (Phi) is 5.62. The summed E-state index contributed by atoms with van der Waals surface area (Å²) in [6.45, 7) is 21.2. The average molecular weight is 443 g/mol. The highest BCUT2D eigenvalue weighted by Crippen LogP contribution is 2.69. The molecule has 4 aliphatic rings. The predicted molar refractivity (Wildman–Crippen MR) is 133 cm³/mol. The Labute approximate surface area is 192 Å². The van der Waals surface area contributed by atoms with E-state index in [1.54, 1.807) is 0 Å². The van der Waals surface area contributed by atoms with Crippen LogP contribution in [0.5, 0.6) is 0 Å². The van der Waals surface area contributed by atoms with Crippen molar-refractivity contribution in [1.29, 1.82) is 0 Å². The Morgan fingerprint density at radius 2 is 1.77 bits per heavy atom. The quantitative estimate of drug-likeness (QED) is 0.327. The SMILES string of the molecule is C=CCC1(O[Si](C)(C)C(C)(C)C)CC[C@H]2[C@@H]3CCC4=CC(=O)CC[C@]4(C)[C@@H]3CC[C@@]21C. The lowest BCUT2D eigenvalue weighted by molar-refractivity contribution is -0.124. The minimum Gasteiger partial charge on any atom is -0.410 e. The van der Waals surface area contributed by atoms with E-state index in [0.29, 0.717) is 5.78 Å². The number of carbonyl (C=O) groups is 1. The average Bonchev–Trinajstić information content (AvgIpc) is 2.93. The Hall–Kier alpha value is -0.673. The molecular weight excluding hydrogens is 396 g/mol. The zero-order valence-electron chi connectivity index (χ0n) is 21.3. The summed E-state index contributed by atoms with van der Waals surface area (Å²) >= 11 is 0. The van der Waals surface area contributed by atoms with Crippen LogP contribution >= 0.6 is 0 Å². The molecule has 3 saturated carbocycles. The summed E-state index contributed by atoms with van der Waals surface area (Å²) in [6, 6.07) is 0. The zero-order chi connectivity index (χ0) is 22.9. The van der Waals surface area contributed by atoms with Gasteiger partial charge >= 0.3 is 0 Å². The summed E-state index contributed by atoms with van der Waals surface area (Å²) in [6.07, 6.45) is 14.4. The van der Waals surface area contributed by atoms with Crippen molar-refractivity contribution in [2.24, 2.45) is 28.6 Å². The number of carbonyl (C=O) groups excluding carboxylic acids is 1. The minimum absolute atomic E-state index is 0.0487. The maximum absolute atomic E-state index is 12.1. The maximum atomic E-state index is 12.1. The molecule has 0 aromatic rings. The number of hydrogen-bond donors (Lipinski definition) is 0. The Balaban J connectivity index is 1.68. The molecule has 4 rings (SSSR count). The molecule has 1 unspecified atom stereocenters. The van der Waals surface area contributed by atoms with Crippen LogP contribution in [0.2, 0.25) is 18.1 Å². The smallest absolute Gasteiger partial charge is 0.192 e. The van der Waals surface area contributed by atoms with Gasteiger partial charge in [-0.1, -0.05) is 46.3 Å². The third-order valence-corrected chi connectivity index (χ3v) is 15.5. The van der Waals surface area contributed by atoms with Crippen molar-refractivity contribution in [3.63, 3.8) is 0 Å². The van der Waals surface area contributed by atoms with Crippen LogP contribution in [-0.4, -0.2) is 19.7 Å². The Morgan fingerprint density at radius 1 is 1.10 bits per heavy atom. The van der Waals surface area contributed by atoms with Gasteiger partial charge in [0, 0.05) is 6.42 Å². The molecule has 0 spiro atoms. The third kappa shape index (κ3) is 3.39. The van der Waals surface area contributed by atoms with Gasteiger partial charge in [-0.05, 0) is 104 Å². The topological polar surface area (TPSA) is 26.3 Å². The van der Waals surface area contributed by atoms with Gasteiger partial charge in [0.1, 0.15) is 0 Å². The molecule has 0 saturated heterocycles. The van der Waals surface area contributed by atoms with Crippen LogP contribution in [0.15, 0.2) is 24.3 Å². The van der Waals surface area contributed by atoms with Gasteiger partial charge < -0.3 is 4.43 Å². The van der Waals surface area contributed by atoms with Crippen LogP contribution in [0.3, 0.4) is 0 Å². The molecule has 2 nitrogen and oxygen atoms in total. The molecule has 3 fully saturated rings. The van der Waals surface area contributed by atoms with Crippen molar-refractivity contribution >= 4 is 14.1 Å². The highest BCUT2D eigenvalue weighted by Gasteiger charge is 2.65. The Bertz CT molecular complexity index is 789. The summed E-state index contributed by atoms with van der Waals surface area (Å²) in [5, 5.41) is 0.222. The van der Waals surface area contributed by atoms with Crippen molar-refractivity contribution in [3.8, 4) is 0 Å². The van der Waals surface area contributed by atoms with E-state index in [1.165, 1.54) is 37.7 Å². The summed E-state index contributed by atoms with van der Waals surface area (Å²) in [7, 11) is -1.89. The molecule has 6 atom stereocenters. The van der Waals surface area contributed by atoms with E-state index in [2.05, 4.69) is 60.4 Å². The zero-order valence-corrected chi connectivity index (χ0v) is 22.3. The summed E-state index contributed by atoms with van der Waals surface area (Å²) in [5.74, 6) is 2.63. The van der Waals surface area contributed by atoms with E-state index in [1.807, 2.05) is 6.08 Å². The summed E-state index contributed by atoms with van der Waals surface area (Å²) in [5.41, 5.74) is 1.91. The fraction of sp³-hybridized carbons (Fsp3) is 0.821. The van der Waals surface area contributed by atoms with Crippen LogP contribution in [0, 0.1) is 28.6 Å². The van der Waals surface area contributed by atoms with E-state index < -0.39 is 8.32 Å². The van der Waals surface area contributed by atoms with Gasteiger partial charge in [-0.15, -0.1) is 6.58 Å². The molecule has 4 aliphatic carbocycles. The van der Waals surface area contributed by atoms with Crippen molar-refractivity contribution in [2.75, 3.05) is 0 Å². The first-order valence-corrected chi connectivity index (χ1v) is 15.8. The monoisotopic (exact) mass is 442 g/mol. The van der Waals surface area contributed by atoms with E-state index in [0.717, 1.165) is 43.4 Å². The van der Waals surface area contributed by atoms with E-state index in [9.17, 15) is 4.79 Å². The Morgan fingerprint density at radius 3 is 2.42 bits per heavy atom. The molecule has 3 heteroatoms. The third-order valence-electron chi connectivity index (χ3n) is 11.0. The molecule has 0 aliphatic heterocycles. The lowest BCUT2D eigenvalue weighted by Gasteiger charge is -2.61. The first-order valence-electron chi connectivity index (χ1n) is 12.8. The molecular formula is C28H46O2Si. The lowest BCUT2D eigenvalue weighted by Crippen LogP contribution is -2.59. The maximum Gasteiger partial charge on any atom is 0.192 e. The molecule has 0 N–H and O–H groups in total. The number of hydrogen-bond acceptors (Lipinski definition) is 2. The second-order valence-electron chi connectivity index (χ2n) is 13.3. The number of ketones is 1. The highest BCUT2D eigenvalue weighted by molar-refractivity contribution is 6.74. The van der Waals surface area contributed by atoms with Gasteiger partial charge in [0.25, 0.3) is 0 Å². The second kappa shape index (κ2) is 7.42. The highest BCUT2D eigenvalue weighted by atomic mass is 28.4. The van der Waals surface area contributed by atoms with Crippen LogP contribution in [-0.2, 0) is 9.22 Å². The van der Waals surface area contributed by atoms with Crippen molar-refractivity contribution in [1.82, 2.24) is 0 Å². The number of allylic oxidation sites excluding steroid dienone is 1. The first-order chi connectivity index (χ1) is 14.3. The summed E-state index contributed by atoms with van der Waals surface area (Å²) < 4.78 is 7.40. The fourth-order valence-electron chi connectivity index (χ4n) is 8.07. The molecule has 0 radical (unpaired) electrons. The van der Waals surface area contributed by atoms with Crippen LogP contribution in [0.1, 0.15) is 92.4 Å². The minimum atomic E-state index is -1.89. The van der Waals surface area contributed by atoms with Gasteiger partial charge in [0.2, 0.25) is 0 Å². The van der Waals surface area contributed by atoms with Gasteiger partial charge in [-0.2, -0.15) is 0 Å². The van der Waals surface area contributed by atoms with E-state index in [4.69, 9.17) is 4.43 Å². The van der Waals surface area contributed by atoms with Crippen LogP contribution in [0.4, 0.5) is 0 Å². The number of rotatable bonds is 4. The van der Waals surface area contributed by atoms with E-state index in [-0.39, 0.29) is 21.5 Å². The fourth-order valence-corrected chi connectivity index (χ4v) is 9.77. The van der Waals surface area contributed by atoms with Gasteiger partial charge in [-0.3, -0.25) is 4.79 Å². The molecule has 0 bridgehead atoms. The number of fused-ring (bicyclic) bond motifs is 5. The molecule has 31 heavy (non-hydrogen) atoms. The van der Waals surface area contributed by atoms with E-state index >= 15 is 0 Å². The molecule has 174 valence electrons. The normalized spacial score (nSPS) is 43.0. The van der Waals surface area contributed by atoms with Crippen molar-refractivity contribution in [3.05, 3.63) is 24.3 Å². The van der Waals surface area contributed by atoms with Gasteiger partial charge in [0.05, 0.1) is 5.60 Å².